The number of amides is 2. The lowest BCUT2D eigenvalue weighted by atomic mass is 9.44. The minimum absolute atomic E-state index is 0.00232. The van der Waals surface area contributed by atoms with Crippen molar-refractivity contribution < 1.29 is 18.7 Å². The van der Waals surface area contributed by atoms with Crippen LogP contribution in [0.1, 0.15) is 29.6 Å². The second kappa shape index (κ2) is 6.75. The van der Waals surface area contributed by atoms with Crippen LogP contribution >= 0.6 is 11.6 Å². The number of carbonyl (C=O) groups is 2. The fourth-order valence-corrected chi connectivity index (χ4v) is 4.59. The van der Waals surface area contributed by atoms with Crippen LogP contribution in [0.25, 0.3) is 0 Å². The Labute approximate surface area is 176 Å². The standard InChI is InChI=1S/C20H19ClFN5O3/c21-13-3-2-12(6-14(13)22)30-7-17(28)23-19-8-20(9-19,10-19)24-18(29)11-1-4-15-16(5-11)26-27-25-15/h1-6,25-27H,7-10H2,(H,23,28)(H,24,29). The number of anilines is 2. The van der Waals surface area contributed by atoms with E-state index in [1.165, 1.54) is 12.1 Å². The van der Waals surface area contributed by atoms with Gasteiger partial charge in [-0.3, -0.25) is 9.59 Å². The van der Waals surface area contributed by atoms with E-state index in [1.807, 2.05) is 6.07 Å². The first kappa shape index (κ1) is 19.0. The highest BCUT2D eigenvalue weighted by molar-refractivity contribution is 6.30. The molecule has 10 heteroatoms. The van der Waals surface area contributed by atoms with E-state index in [4.69, 9.17) is 16.3 Å². The molecule has 2 bridgehead atoms. The van der Waals surface area contributed by atoms with Gasteiger partial charge >= 0.3 is 0 Å². The van der Waals surface area contributed by atoms with Crippen LogP contribution in [0.15, 0.2) is 36.4 Å². The van der Waals surface area contributed by atoms with Gasteiger partial charge in [-0.1, -0.05) is 11.6 Å². The van der Waals surface area contributed by atoms with Gasteiger partial charge in [0.05, 0.1) is 16.4 Å². The highest BCUT2D eigenvalue weighted by Gasteiger charge is 2.69. The number of fused-ring (bicyclic) bond motifs is 1. The van der Waals surface area contributed by atoms with Crippen LogP contribution in [0.5, 0.6) is 5.75 Å². The van der Waals surface area contributed by atoms with Gasteiger partial charge < -0.3 is 26.2 Å². The topological polar surface area (TPSA) is 104 Å². The Balaban J connectivity index is 1.10. The summed E-state index contributed by atoms with van der Waals surface area (Å²) in [5, 5.41) is 6.05. The van der Waals surface area contributed by atoms with E-state index < -0.39 is 5.82 Å². The number of benzene rings is 2. The van der Waals surface area contributed by atoms with Crippen molar-refractivity contribution >= 4 is 34.8 Å². The lowest BCUT2D eigenvalue weighted by Crippen LogP contribution is -2.84. The lowest BCUT2D eigenvalue weighted by molar-refractivity contribution is -0.141. The fourth-order valence-electron chi connectivity index (χ4n) is 4.48. The Bertz CT molecular complexity index is 1040. The Morgan fingerprint density at radius 2 is 1.77 bits per heavy atom. The third-order valence-electron chi connectivity index (χ3n) is 5.75. The molecule has 2 amide bonds. The van der Waals surface area contributed by atoms with Crippen LogP contribution in [0.3, 0.4) is 0 Å². The molecule has 30 heavy (non-hydrogen) atoms. The number of carbonyl (C=O) groups excluding carboxylic acids is 2. The molecular weight excluding hydrogens is 413 g/mol. The average molecular weight is 432 g/mol. The molecule has 2 aromatic carbocycles. The van der Waals surface area contributed by atoms with Gasteiger partial charge in [-0.25, -0.2) is 4.39 Å². The van der Waals surface area contributed by atoms with Crippen molar-refractivity contribution in [2.75, 3.05) is 17.5 Å². The Kier molecular flexibility index (Phi) is 4.26. The number of hydrazine groups is 2. The van der Waals surface area contributed by atoms with Crippen molar-refractivity contribution in [1.82, 2.24) is 16.2 Å². The van der Waals surface area contributed by atoms with Gasteiger partial charge in [-0.05, 0) is 49.6 Å². The summed E-state index contributed by atoms with van der Waals surface area (Å²) in [6.07, 6.45) is 2.04. The summed E-state index contributed by atoms with van der Waals surface area (Å²) in [5.41, 5.74) is 10.3. The minimum atomic E-state index is -0.599. The van der Waals surface area contributed by atoms with Crippen molar-refractivity contribution in [3.05, 3.63) is 52.8 Å². The maximum Gasteiger partial charge on any atom is 0.258 e. The average Bonchev–Trinajstić information content (AvgIpc) is 3.14. The number of hydrogen-bond acceptors (Lipinski definition) is 6. The molecule has 1 heterocycles. The molecule has 156 valence electrons. The summed E-state index contributed by atoms with van der Waals surface area (Å²) >= 11 is 5.63. The number of ether oxygens (including phenoxy) is 1. The molecule has 0 atom stereocenters. The Hall–Kier alpha value is -3.04. The van der Waals surface area contributed by atoms with Gasteiger partial charge in [0.2, 0.25) is 0 Å². The van der Waals surface area contributed by atoms with Crippen LogP contribution in [-0.4, -0.2) is 29.5 Å². The summed E-state index contributed by atoms with van der Waals surface area (Å²) in [5.74, 6) is -0.783. The second-order valence-electron chi connectivity index (χ2n) is 8.09. The first-order valence-electron chi connectivity index (χ1n) is 9.48. The third-order valence-corrected chi connectivity index (χ3v) is 6.06. The largest absolute Gasteiger partial charge is 0.484 e. The Morgan fingerprint density at radius 1 is 1.03 bits per heavy atom. The van der Waals surface area contributed by atoms with Crippen molar-refractivity contribution in [1.29, 1.82) is 0 Å². The molecule has 2 aromatic rings. The zero-order chi connectivity index (χ0) is 20.9. The fraction of sp³-hybridized carbons (Fsp3) is 0.300. The van der Waals surface area contributed by atoms with Gasteiger partial charge in [-0.15, -0.1) is 5.53 Å². The van der Waals surface area contributed by atoms with E-state index >= 15 is 0 Å². The Morgan fingerprint density at radius 3 is 2.53 bits per heavy atom. The third kappa shape index (κ3) is 3.29. The van der Waals surface area contributed by atoms with Gasteiger partial charge in [0, 0.05) is 22.7 Å². The van der Waals surface area contributed by atoms with Gasteiger partial charge in [0.1, 0.15) is 11.6 Å². The van der Waals surface area contributed by atoms with Crippen LogP contribution in [0, 0.1) is 5.82 Å². The van der Waals surface area contributed by atoms with Crippen molar-refractivity contribution in [3.63, 3.8) is 0 Å². The SMILES string of the molecule is O=C(COc1ccc(Cl)c(F)c1)NC12CC(NC(=O)c3ccc4c(c3)NNN4)(C1)C2. The van der Waals surface area contributed by atoms with Crippen LogP contribution < -0.4 is 31.8 Å². The van der Waals surface area contributed by atoms with E-state index in [0.717, 1.165) is 17.4 Å². The summed E-state index contributed by atoms with van der Waals surface area (Å²) in [7, 11) is 0. The molecule has 1 aliphatic heterocycles. The van der Waals surface area contributed by atoms with Crippen LogP contribution in [0.4, 0.5) is 15.8 Å². The molecule has 0 radical (unpaired) electrons. The molecule has 0 unspecified atom stereocenters. The van der Waals surface area contributed by atoms with E-state index in [1.54, 1.807) is 12.1 Å². The van der Waals surface area contributed by atoms with Crippen molar-refractivity contribution in [2.45, 2.75) is 30.3 Å². The normalized spacial score (nSPS) is 25.0. The predicted molar refractivity (Wildman–Crippen MR) is 109 cm³/mol. The molecule has 5 N–H and O–H groups in total. The first-order chi connectivity index (χ1) is 14.4. The van der Waals surface area contributed by atoms with Gasteiger partial charge in [-0.2, -0.15) is 0 Å². The number of hydrogen-bond donors (Lipinski definition) is 5. The smallest absolute Gasteiger partial charge is 0.258 e. The zero-order valence-electron chi connectivity index (χ0n) is 15.8. The van der Waals surface area contributed by atoms with Crippen molar-refractivity contribution in [2.24, 2.45) is 0 Å². The summed E-state index contributed by atoms with van der Waals surface area (Å²) < 4.78 is 18.7. The molecule has 6 rings (SSSR count). The monoisotopic (exact) mass is 431 g/mol. The molecule has 0 aromatic heterocycles. The van der Waals surface area contributed by atoms with Crippen LogP contribution in [-0.2, 0) is 4.79 Å². The summed E-state index contributed by atoms with van der Waals surface area (Å²) in [6, 6.07) is 9.38. The van der Waals surface area contributed by atoms with E-state index in [-0.39, 0.29) is 40.3 Å². The zero-order valence-corrected chi connectivity index (χ0v) is 16.5. The lowest BCUT2D eigenvalue weighted by Gasteiger charge is -2.70. The quantitative estimate of drug-likeness (QED) is 0.481. The minimum Gasteiger partial charge on any atom is -0.484 e. The molecule has 3 fully saturated rings. The molecule has 4 aliphatic rings. The maximum atomic E-state index is 13.4. The first-order valence-corrected chi connectivity index (χ1v) is 9.86. The molecule has 3 aliphatic carbocycles. The van der Waals surface area contributed by atoms with Crippen LogP contribution in [0.2, 0.25) is 5.02 Å². The van der Waals surface area contributed by atoms with Gasteiger partial charge in [0.25, 0.3) is 11.8 Å². The van der Waals surface area contributed by atoms with Crippen molar-refractivity contribution in [3.8, 4) is 5.75 Å². The molecule has 3 saturated carbocycles. The number of rotatable bonds is 6. The second-order valence-corrected chi connectivity index (χ2v) is 8.50. The highest BCUT2D eigenvalue weighted by atomic mass is 35.5. The van der Waals surface area contributed by atoms with E-state index in [0.29, 0.717) is 24.8 Å². The molecule has 0 saturated heterocycles. The van der Waals surface area contributed by atoms with E-state index in [9.17, 15) is 14.0 Å². The van der Waals surface area contributed by atoms with Gasteiger partial charge in [0.15, 0.2) is 6.61 Å². The predicted octanol–water partition coefficient (Wildman–Crippen LogP) is 2.34. The highest BCUT2D eigenvalue weighted by Crippen LogP contribution is 2.60. The summed E-state index contributed by atoms with van der Waals surface area (Å²) in [6.45, 7) is -0.216. The molecule has 0 spiro atoms. The van der Waals surface area contributed by atoms with E-state index in [2.05, 4.69) is 27.0 Å². The number of nitrogens with one attached hydrogen (secondary N) is 5. The summed E-state index contributed by atoms with van der Waals surface area (Å²) in [4.78, 5) is 24.8. The molecule has 8 nitrogen and oxygen atoms in total. The molecular formula is C20H19ClFN5O3. The number of halogens is 2. The maximum absolute atomic E-state index is 13.4.